The summed E-state index contributed by atoms with van der Waals surface area (Å²) in [4.78, 5) is 44.8. The van der Waals surface area contributed by atoms with Crippen LogP contribution in [0.2, 0.25) is 0 Å². The summed E-state index contributed by atoms with van der Waals surface area (Å²) in [5, 5.41) is 39.9. The van der Waals surface area contributed by atoms with Gasteiger partial charge in [-0.15, -0.1) is 0 Å². The smallest absolute Gasteiger partial charge is 0.336 e. The first-order valence-electron chi connectivity index (χ1n) is 50.8. The van der Waals surface area contributed by atoms with Gasteiger partial charge in [0.25, 0.3) is 0 Å². The summed E-state index contributed by atoms with van der Waals surface area (Å²) in [6.45, 7) is 46.0. The van der Waals surface area contributed by atoms with Crippen molar-refractivity contribution in [2.24, 2.45) is 5.92 Å². The van der Waals surface area contributed by atoms with Crippen LogP contribution in [0.4, 0.5) is 22.7 Å². The maximum absolute atomic E-state index is 12.8. The van der Waals surface area contributed by atoms with Crippen molar-refractivity contribution < 1.29 is 84.5 Å². The SMILES string of the molecule is CC(C)c1ccc(C2=c3cc4c5c(c3Oc3c2cc2c6c3CCCN6CCC2)CCC[N+]=5CCC4)c(C(=O)O)c1.CCCc1cc2c(cc1C)C(c1ccc(C(C)C)cc1C(=O)O)C1C=C(C)C(=[NH+]CC)C=C1O2.CC[N+]1=C(C=CC=CC=C2N(C(C)C)c3ccc(S(=O)(=O)[O-])cc3C2(C)C)C(C)(C)c2cc(C)ccc21.Cc1c2oc3c(S(=O)(=O)[O-])c(N)ccc3c(-c3ccc(C(C)C)cc3C(=O)O)c-2ccc1=[NH2+]. The zero-order valence-corrected chi connectivity index (χ0v) is 87.7. The summed E-state index contributed by atoms with van der Waals surface area (Å²) < 4.78 is 95.8. The van der Waals surface area contributed by atoms with E-state index in [1.54, 1.807) is 37.3 Å². The summed E-state index contributed by atoms with van der Waals surface area (Å²) in [7, 11) is -9.53. The van der Waals surface area contributed by atoms with Crippen LogP contribution in [0.25, 0.3) is 39.0 Å². The highest BCUT2D eigenvalue weighted by Gasteiger charge is 2.47. The first kappa shape index (κ1) is 102. The van der Waals surface area contributed by atoms with Crippen LogP contribution in [0.3, 0.4) is 0 Å². The Morgan fingerprint density at radius 2 is 1.27 bits per heavy atom. The molecule has 0 spiro atoms. The molecule has 22 nitrogen and oxygen atoms in total. The van der Waals surface area contributed by atoms with Gasteiger partial charge in [0.05, 0.1) is 43.8 Å². The Kier molecular flexibility index (Phi) is 28.3. The zero-order valence-electron chi connectivity index (χ0n) is 86.1. The molecule has 2 atom stereocenters. The number of rotatable bonds is 19. The summed E-state index contributed by atoms with van der Waals surface area (Å²) in [6.07, 6.45) is 25.6. The number of aryl methyl sites for hydroxylation is 5. The number of nitrogens with one attached hydrogen (secondary N) is 1. The van der Waals surface area contributed by atoms with Crippen molar-refractivity contribution in [3.63, 3.8) is 0 Å². The summed E-state index contributed by atoms with van der Waals surface area (Å²) in [5.41, 5.74) is 34.8. The predicted molar refractivity (Wildman–Crippen MR) is 567 cm³/mol. The minimum Gasteiger partial charge on any atom is -0.744 e. The Morgan fingerprint density at radius 1 is 0.632 bits per heavy atom. The molecule has 748 valence electrons. The fourth-order valence-electron chi connectivity index (χ4n) is 23.2. The number of benzene rings is 10. The van der Waals surface area contributed by atoms with Crippen molar-refractivity contribution in [3.05, 3.63) is 326 Å². The van der Waals surface area contributed by atoms with E-state index >= 15 is 0 Å². The maximum atomic E-state index is 12.8. The molecule has 24 heteroatoms. The average molecular weight is 1980 g/mol. The van der Waals surface area contributed by atoms with E-state index in [0.717, 1.165) is 204 Å². The second-order valence-electron chi connectivity index (χ2n) is 41.9. The third kappa shape index (κ3) is 18.8. The van der Waals surface area contributed by atoms with Crippen molar-refractivity contribution >= 4 is 88.9 Å². The maximum Gasteiger partial charge on any atom is 0.336 e. The van der Waals surface area contributed by atoms with Gasteiger partial charge in [-0.3, -0.25) is 5.41 Å². The summed E-state index contributed by atoms with van der Waals surface area (Å²) >= 11 is 0. The number of carbonyl (C=O) groups is 3. The average Bonchev–Trinajstić information content (AvgIpc) is 1.02. The van der Waals surface area contributed by atoms with Crippen molar-refractivity contribution in [2.45, 2.75) is 246 Å². The van der Waals surface area contributed by atoms with Gasteiger partial charge in [0, 0.05) is 151 Å². The Balaban J connectivity index is 0.000000132. The molecule has 2 unspecified atom stereocenters. The molecule has 9 aromatic carbocycles. The number of nitrogen functional groups attached to an aromatic ring is 1. The summed E-state index contributed by atoms with van der Waals surface area (Å²) in [5.74, 6) is 1.42. The molecule has 0 amide bonds. The third-order valence-electron chi connectivity index (χ3n) is 30.4. The molecule has 0 saturated heterocycles. The molecule has 11 aliphatic rings. The van der Waals surface area contributed by atoms with Crippen LogP contribution in [0.5, 0.6) is 17.2 Å². The van der Waals surface area contributed by atoms with E-state index in [4.69, 9.17) is 25.0 Å². The van der Waals surface area contributed by atoms with Gasteiger partial charge in [-0.05, 0) is 273 Å². The lowest BCUT2D eigenvalue weighted by Gasteiger charge is -2.39. The number of aromatic carboxylic acids is 3. The van der Waals surface area contributed by atoms with Gasteiger partial charge in [0.15, 0.2) is 11.3 Å². The van der Waals surface area contributed by atoms with E-state index in [1.807, 2.05) is 50.3 Å². The van der Waals surface area contributed by atoms with Crippen LogP contribution in [0, 0.1) is 26.7 Å². The first-order chi connectivity index (χ1) is 68.4. The highest BCUT2D eigenvalue weighted by molar-refractivity contribution is 7.86. The monoisotopic (exact) mass is 1980 g/mol. The minimum atomic E-state index is -5.01. The van der Waals surface area contributed by atoms with E-state index in [2.05, 4.69) is 226 Å². The molecule has 2 aliphatic carbocycles. The van der Waals surface area contributed by atoms with Crippen molar-refractivity contribution in [3.8, 4) is 39.7 Å². The van der Waals surface area contributed by atoms with Gasteiger partial charge in [-0.2, -0.15) is 4.58 Å². The first-order valence-corrected chi connectivity index (χ1v) is 53.6. The number of anilines is 3. The lowest BCUT2D eigenvalue weighted by molar-refractivity contribution is -0.451. The highest BCUT2D eigenvalue weighted by atomic mass is 32.2. The van der Waals surface area contributed by atoms with Gasteiger partial charge in [-0.1, -0.05) is 147 Å². The van der Waals surface area contributed by atoms with Crippen LogP contribution in [0.15, 0.2) is 213 Å². The number of nitrogens with zero attached hydrogens (tertiary/aromatic N) is 4. The van der Waals surface area contributed by atoms with Gasteiger partial charge in [-0.25, -0.2) is 40.8 Å². The van der Waals surface area contributed by atoms with Crippen LogP contribution < -0.4 is 55.9 Å². The molecule has 20 rings (SSSR count). The van der Waals surface area contributed by atoms with E-state index in [1.165, 1.54) is 91.2 Å². The molecule has 144 heavy (non-hydrogen) atoms. The lowest BCUT2D eigenvalue weighted by atomic mass is 9.72. The third-order valence-corrected chi connectivity index (χ3v) is 32.2. The summed E-state index contributed by atoms with van der Waals surface area (Å²) in [6, 6.07) is 44.0. The van der Waals surface area contributed by atoms with E-state index in [0.29, 0.717) is 38.7 Å². The van der Waals surface area contributed by atoms with Crippen molar-refractivity contribution in [1.29, 1.82) is 0 Å². The number of hydrogen-bond donors (Lipinski definition) is 6. The molecule has 9 aliphatic heterocycles. The van der Waals surface area contributed by atoms with Gasteiger partial charge >= 0.3 is 17.9 Å². The molecule has 0 aromatic heterocycles. The topological polar surface area (TPSA) is 336 Å². The van der Waals surface area contributed by atoms with Gasteiger partial charge in [0.1, 0.15) is 80.1 Å². The fourth-order valence-corrected chi connectivity index (χ4v) is 24.4. The second kappa shape index (κ2) is 40.0. The molecule has 8 N–H and O–H groups in total. The number of allylic oxidation sites excluding steroid dienone is 9. The van der Waals surface area contributed by atoms with Crippen LogP contribution in [0.1, 0.15) is 292 Å². The van der Waals surface area contributed by atoms with E-state index in [-0.39, 0.29) is 73.9 Å². The lowest BCUT2D eigenvalue weighted by Crippen LogP contribution is -2.72. The Bertz CT molecular complexity index is 7840. The minimum absolute atomic E-state index is 0.0350. The van der Waals surface area contributed by atoms with Gasteiger partial charge in [0.2, 0.25) is 22.1 Å². The fraction of sp³-hybridized carbons (Fsp3) is 0.358. The number of hydrogen-bond acceptors (Lipinski definition) is 15. The Labute approximate surface area is 845 Å². The second-order valence-corrected chi connectivity index (χ2v) is 44.6. The molecular weight excluding hydrogens is 1840 g/mol. The van der Waals surface area contributed by atoms with Crippen molar-refractivity contribution in [1.82, 2.24) is 4.58 Å². The molecule has 0 bridgehead atoms. The molecule has 9 aromatic rings. The number of fused-ring (bicyclic) bond motifs is 10. The Hall–Kier alpha value is -13.4. The predicted octanol–water partition coefficient (Wildman–Crippen LogP) is 19.2. The van der Waals surface area contributed by atoms with Crippen molar-refractivity contribution in [2.75, 3.05) is 54.8 Å². The number of carboxylic acids is 3. The number of ether oxygens (including phenoxy) is 2. The number of carboxylic acid groups (broad SMARTS) is 3. The largest absolute Gasteiger partial charge is 0.744 e. The Morgan fingerprint density at radius 3 is 1.92 bits per heavy atom. The highest BCUT2D eigenvalue weighted by Crippen LogP contribution is 2.55. The standard InChI is InChI=1S/C35H36N2O3.C31H38N2O3S.C30H35NO3.C24H22N2O6S/c1-20(2)21-11-12-24(27(17-21)35(38)39)30-28-18-22-7-3-13-36-15-5-9-25(31(22)36)33(28)40-34-26-10-6-16-37-14-4-8-23(32(26)37)19-29(30)34;1-9-32-26-17-15-22(4)19-24(26)30(5,6)28(32)13-11-10-12-14-29-31(7,8)25-20-23(37(34,35)36)16-18-27(25)33(29)21(2)3;1-7-9-21-15-27-24(12-18(21)5)29(22-11-10-20(17(3)4)14-23(22)30(32)33)25-13-19(6)26(31-8-2)16-28(25)34-27;1-11(2)13-4-5-14(17(10-13)24(27)28)20-15-6-8-18(25)12(3)21(15)32-22-16(20)7-9-19(26)23(22)33(29,30)31/h11-12,17-20H,3-10,13-16H2,1-2H3;10-21H,9H2,1-8H3;10-17,25,29H,7-9H2,1-6H3,(H,32,33);4-11,25H,26H2,1-3H3,(H,27,28)(H,29,30,31)/p+2. The molecule has 9 heterocycles. The van der Waals surface area contributed by atoms with Gasteiger partial charge < -0.3 is 53.8 Å². The molecule has 0 fully saturated rings. The molecule has 0 radical (unpaired) electrons. The normalized spacial score (nSPS) is 17.8. The van der Waals surface area contributed by atoms with Crippen LogP contribution in [-0.2, 0) is 63.2 Å². The van der Waals surface area contributed by atoms with E-state index in [9.17, 15) is 55.6 Å². The molecular formula is C120H133N7O15S2+2. The quantitative estimate of drug-likeness (QED) is 0.0144. The van der Waals surface area contributed by atoms with E-state index < -0.39 is 48.5 Å². The molecule has 0 saturated carbocycles. The van der Waals surface area contributed by atoms with Crippen LogP contribution in [-0.4, -0.2) is 120 Å². The van der Waals surface area contributed by atoms with Crippen LogP contribution >= 0.6 is 0 Å². The number of nitrogens with two attached hydrogens (primary N) is 2. The zero-order chi connectivity index (χ0) is 103.